The van der Waals surface area contributed by atoms with Crippen LogP contribution in [0.5, 0.6) is 0 Å². The van der Waals surface area contributed by atoms with Crippen LogP contribution in [0.2, 0.25) is 0 Å². The van der Waals surface area contributed by atoms with E-state index < -0.39 is 0 Å². The topological polar surface area (TPSA) is 64.3 Å². The van der Waals surface area contributed by atoms with E-state index in [0.29, 0.717) is 11.9 Å². The van der Waals surface area contributed by atoms with Crippen molar-refractivity contribution in [3.8, 4) is 0 Å². The summed E-state index contributed by atoms with van der Waals surface area (Å²) in [5.74, 6) is 2.62. The second kappa shape index (κ2) is 5.33. The van der Waals surface area contributed by atoms with Crippen molar-refractivity contribution in [1.82, 2.24) is 9.97 Å². The maximum absolute atomic E-state index is 6.04. The normalized spacial score (nSPS) is 24.0. The second-order valence-corrected chi connectivity index (χ2v) is 5.72. The minimum absolute atomic E-state index is 0.217. The third-order valence-electron chi connectivity index (χ3n) is 3.57. The molecule has 0 radical (unpaired) electrons. The van der Waals surface area contributed by atoms with Crippen LogP contribution in [0.3, 0.4) is 0 Å². The fourth-order valence-corrected chi connectivity index (χ4v) is 2.28. The van der Waals surface area contributed by atoms with E-state index in [4.69, 9.17) is 15.5 Å². The van der Waals surface area contributed by atoms with E-state index in [9.17, 15) is 0 Å². The van der Waals surface area contributed by atoms with E-state index in [1.54, 1.807) is 0 Å². The first-order chi connectivity index (χ1) is 8.90. The van der Waals surface area contributed by atoms with Gasteiger partial charge in [-0.25, -0.2) is 9.97 Å². The first-order valence-electron chi connectivity index (χ1n) is 6.92. The number of morpholine rings is 1. The number of aromatic nitrogens is 2. The molecule has 0 saturated carbocycles. The fraction of sp³-hybridized carbons (Fsp3) is 0.714. The molecule has 2 rings (SSSR count). The fourth-order valence-electron chi connectivity index (χ4n) is 2.28. The molecular formula is C14H24N4O. The summed E-state index contributed by atoms with van der Waals surface area (Å²) in [5.41, 5.74) is 7.00. The molecule has 1 aliphatic heterocycles. The molecule has 0 spiro atoms. The number of rotatable bonds is 2. The van der Waals surface area contributed by atoms with E-state index in [2.05, 4.69) is 37.6 Å². The Bertz CT molecular complexity index is 461. The van der Waals surface area contributed by atoms with Gasteiger partial charge in [-0.15, -0.1) is 0 Å². The molecule has 1 aliphatic rings. The minimum atomic E-state index is 0.217. The Morgan fingerprint density at radius 2 is 2.00 bits per heavy atom. The molecule has 2 atom stereocenters. The van der Waals surface area contributed by atoms with Crippen LogP contribution in [0.1, 0.15) is 45.0 Å². The van der Waals surface area contributed by atoms with Crippen LogP contribution >= 0.6 is 0 Å². The number of hydrogen-bond donors (Lipinski definition) is 1. The summed E-state index contributed by atoms with van der Waals surface area (Å²) in [7, 11) is 0. The van der Waals surface area contributed by atoms with Crippen LogP contribution < -0.4 is 10.6 Å². The van der Waals surface area contributed by atoms with Gasteiger partial charge < -0.3 is 15.4 Å². The molecule has 0 aromatic carbocycles. The standard InChI is InChI=1S/C14H24N4O/c1-8(2)13-16-12(15)11(5)14(17-13)18-6-10(4)19-7-9(18)3/h8-10H,6-7H2,1-5H3,(H2,15,16,17). The Kier molecular flexibility index (Phi) is 3.94. The molecule has 1 aromatic heterocycles. The summed E-state index contributed by atoms with van der Waals surface area (Å²) in [6, 6.07) is 0.309. The van der Waals surface area contributed by atoms with Crippen LogP contribution in [-0.2, 0) is 4.74 Å². The maximum atomic E-state index is 6.04. The first-order valence-corrected chi connectivity index (χ1v) is 6.92. The Hall–Kier alpha value is -1.36. The van der Waals surface area contributed by atoms with Gasteiger partial charge in [-0.1, -0.05) is 13.8 Å². The van der Waals surface area contributed by atoms with Gasteiger partial charge in [0.25, 0.3) is 0 Å². The molecule has 0 bridgehead atoms. The number of nitrogens with zero attached hydrogens (tertiary/aromatic N) is 3. The SMILES string of the molecule is Cc1c(N)nc(C(C)C)nc1N1CC(C)OCC1C. The highest BCUT2D eigenvalue weighted by atomic mass is 16.5. The molecular weight excluding hydrogens is 240 g/mol. The zero-order valence-corrected chi connectivity index (χ0v) is 12.5. The first kappa shape index (κ1) is 14.1. The summed E-state index contributed by atoms with van der Waals surface area (Å²) in [6.45, 7) is 12.0. The van der Waals surface area contributed by atoms with Gasteiger partial charge in [0.2, 0.25) is 0 Å². The van der Waals surface area contributed by atoms with Crippen LogP contribution in [-0.4, -0.2) is 35.3 Å². The maximum Gasteiger partial charge on any atom is 0.137 e. The highest BCUT2D eigenvalue weighted by Gasteiger charge is 2.27. The second-order valence-electron chi connectivity index (χ2n) is 5.72. The summed E-state index contributed by atoms with van der Waals surface area (Å²) < 4.78 is 5.67. The average Bonchev–Trinajstić information content (AvgIpc) is 2.35. The predicted octanol–water partition coefficient (Wildman–Crippen LogP) is 2.10. The van der Waals surface area contributed by atoms with E-state index in [1.165, 1.54) is 0 Å². The van der Waals surface area contributed by atoms with Crippen LogP contribution in [0.15, 0.2) is 0 Å². The van der Waals surface area contributed by atoms with Gasteiger partial charge in [0.1, 0.15) is 17.5 Å². The molecule has 2 unspecified atom stereocenters. The third kappa shape index (κ3) is 2.81. The number of ether oxygens (including phenoxy) is 1. The summed E-state index contributed by atoms with van der Waals surface area (Å²) in [5, 5.41) is 0. The average molecular weight is 264 g/mol. The lowest BCUT2D eigenvalue weighted by molar-refractivity contribution is 0.0340. The van der Waals surface area contributed by atoms with Gasteiger partial charge in [0.05, 0.1) is 18.8 Å². The largest absolute Gasteiger partial charge is 0.383 e. The van der Waals surface area contributed by atoms with E-state index in [0.717, 1.165) is 30.4 Å². The number of nitrogens with two attached hydrogens (primary N) is 1. The summed E-state index contributed by atoms with van der Waals surface area (Å²) in [4.78, 5) is 11.4. The molecule has 19 heavy (non-hydrogen) atoms. The molecule has 5 heteroatoms. The van der Waals surface area contributed by atoms with Gasteiger partial charge in [-0.3, -0.25) is 0 Å². The number of anilines is 2. The quantitative estimate of drug-likeness (QED) is 0.886. The van der Waals surface area contributed by atoms with Gasteiger partial charge >= 0.3 is 0 Å². The van der Waals surface area contributed by atoms with E-state index in [1.807, 2.05) is 6.92 Å². The molecule has 106 valence electrons. The van der Waals surface area contributed by atoms with Gasteiger partial charge in [0.15, 0.2) is 0 Å². The predicted molar refractivity (Wildman–Crippen MR) is 77.5 cm³/mol. The third-order valence-corrected chi connectivity index (χ3v) is 3.57. The van der Waals surface area contributed by atoms with Gasteiger partial charge in [-0.05, 0) is 20.8 Å². The zero-order valence-electron chi connectivity index (χ0n) is 12.5. The van der Waals surface area contributed by atoms with Crippen molar-refractivity contribution in [3.05, 3.63) is 11.4 Å². The van der Waals surface area contributed by atoms with Crippen LogP contribution in [0, 0.1) is 6.92 Å². The van der Waals surface area contributed by atoms with Gasteiger partial charge in [0, 0.05) is 18.0 Å². The molecule has 1 fully saturated rings. The Morgan fingerprint density at radius 1 is 1.32 bits per heavy atom. The van der Waals surface area contributed by atoms with Gasteiger partial charge in [-0.2, -0.15) is 0 Å². The minimum Gasteiger partial charge on any atom is -0.383 e. The van der Waals surface area contributed by atoms with Crippen molar-refractivity contribution in [2.45, 2.75) is 52.7 Å². The van der Waals surface area contributed by atoms with Crippen molar-refractivity contribution >= 4 is 11.6 Å². The van der Waals surface area contributed by atoms with Crippen LogP contribution in [0.4, 0.5) is 11.6 Å². The molecule has 0 aliphatic carbocycles. The van der Waals surface area contributed by atoms with Crippen molar-refractivity contribution in [3.63, 3.8) is 0 Å². The molecule has 1 saturated heterocycles. The van der Waals surface area contributed by atoms with E-state index >= 15 is 0 Å². The van der Waals surface area contributed by atoms with Crippen LogP contribution in [0.25, 0.3) is 0 Å². The Morgan fingerprint density at radius 3 is 2.63 bits per heavy atom. The lowest BCUT2D eigenvalue weighted by Crippen LogP contribution is -2.48. The highest BCUT2D eigenvalue weighted by Crippen LogP contribution is 2.27. The molecule has 0 amide bonds. The summed E-state index contributed by atoms with van der Waals surface area (Å²) in [6.07, 6.45) is 0.217. The number of hydrogen-bond acceptors (Lipinski definition) is 5. The molecule has 2 heterocycles. The summed E-state index contributed by atoms with van der Waals surface area (Å²) >= 11 is 0. The lowest BCUT2D eigenvalue weighted by Gasteiger charge is -2.38. The van der Waals surface area contributed by atoms with Crippen molar-refractivity contribution in [2.75, 3.05) is 23.8 Å². The highest BCUT2D eigenvalue weighted by molar-refractivity contribution is 5.57. The molecule has 1 aromatic rings. The zero-order chi connectivity index (χ0) is 14.2. The Labute approximate surface area is 115 Å². The monoisotopic (exact) mass is 264 g/mol. The smallest absolute Gasteiger partial charge is 0.137 e. The van der Waals surface area contributed by atoms with Crippen molar-refractivity contribution in [2.24, 2.45) is 0 Å². The Balaban J connectivity index is 2.42. The van der Waals surface area contributed by atoms with E-state index in [-0.39, 0.29) is 12.0 Å². The van der Waals surface area contributed by atoms with Crippen molar-refractivity contribution < 1.29 is 4.74 Å². The number of nitrogen functional groups attached to an aromatic ring is 1. The lowest BCUT2D eigenvalue weighted by atomic mass is 10.1. The van der Waals surface area contributed by atoms with Crippen molar-refractivity contribution in [1.29, 1.82) is 0 Å². The molecule has 2 N–H and O–H groups in total. The molecule has 5 nitrogen and oxygen atoms in total.